The maximum absolute atomic E-state index is 12.2. The summed E-state index contributed by atoms with van der Waals surface area (Å²) in [6.45, 7) is 3.79. The van der Waals surface area contributed by atoms with Crippen LogP contribution < -0.4 is 14.4 Å². The fraction of sp³-hybridized carbons (Fsp3) is 0.333. The zero-order valence-electron chi connectivity index (χ0n) is 15.0. The summed E-state index contributed by atoms with van der Waals surface area (Å²) < 4.78 is 30.8. The van der Waals surface area contributed by atoms with Crippen LogP contribution >= 0.6 is 0 Å². The lowest BCUT2D eigenvalue weighted by molar-refractivity contribution is -0.119. The number of pyridine rings is 1. The second kappa shape index (κ2) is 8.66. The number of hydrogen-bond acceptors (Lipinski definition) is 5. The van der Waals surface area contributed by atoms with Crippen molar-refractivity contribution in [3.05, 3.63) is 54.4 Å². The van der Waals surface area contributed by atoms with Crippen molar-refractivity contribution < 1.29 is 17.9 Å². The molecular weight excluding hydrogens is 354 g/mol. The van der Waals surface area contributed by atoms with Crippen LogP contribution in [0.15, 0.2) is 48.8 Å². The molecule has 1 aromatic carbocycles. The average molecular weight is 377 g/mol. The molecule has 1 N–H and O–H groups in total. The number of ether oxygens (including phenoxy) is 1. The first kappa shape index (κ1) is 19.7. The molecule has 0 saturated heterocycles. The zero-order chi connectivity index (χ0) is 19.2. The van der Waals surface area contributed by atoms with Crippen molar-refractivity contribution in [2.24, 2.45) is 0 Å². The maximum atomic E-state index is 12.2. The summed E-state index contributed by atoms with van der Waals surface area (Å²) in [6, 6.07) is 10.2. The third-order valence-corrected chi connectivity index (χ3v) is 4.54. The lowest BCUT2D eigenvalue weighted by Gasteiger charge is -2.22. The van der Waals surface area contributed by atoms with E-state index in [4.69, 9.17) is 4.74 Å². The number of rotatable bonds is 8. The van der Waals surface area contributed by atoms with Gasteiger partial charge in [-0.2, -0.15) is 0 Å². The Labute approximate surface area is 154 Å². The van der Waals surface area contributed by atoms with E-state index in [1.165, 1.54) is 0 Å². The van der Waals surface area contributed by atoms with Crippen LogP contribution in [0.3, 0.4) is 0 Å². The van der Waals surface area contributed by atoms with Crippen molar-refractivity contribution in [2.45, 2.75) is 26.5 Å². The number of hydrogen-bond donors (Lipinski definition) is 1. The van der Waals surface area contributed by atoms with Gasteiger partial charge in [0.05, 0.1) is 18.0 Å². The third kappa shape index (κ3) is 6.03. The van der Waals surface area contributed by atoms with Crippen LogP contribution in [-0.2, 0) is 21.4 Å². The van der Waals surface area contributed by atoms with Crippen LogP contribution in [0.1, 0.15) is 19.4 Å². The van der Waals surface area contributed by atoms with Crippen molar-refractivity contribution in [1.29, 1.82) is 0 Å². The average Bonchev–Trinajstić information content (AvgIpc) is 2.58. The van der Waals surface area contributed by atoms with Crippen LogP contribution in [0.4, 0.5) is 5.69 Å². The Hall–Kier alpha value is -2.61. The molecule has 2 aromatic rings. The second-order valence-corrected chi connectivity index (χ2v) is 7.97. The molecule has 0 aliphatic rings. The molecule has 0 spiro atoms. The van der Waals surface area contributed by atoms with Gasteiger partial charge in [0.1, 0.15) is 12.3 Å². The molecule has 1 amide bonds. The molecule has 0 saturated carbocycles. The largest absolute Gasteiger partial charge is 0.491 e. The molecule has 0 bridgehead atoms. The summed E-state index contributed by atoms with van der Waals surface area (Å²) in [4.78, 5) is 16.2. The molecule has 140 valence electrons. The van der Waals surface area contributed by atoms with E-state index in [1.807, 2.05) is 19.9 Å². The first-order valence-electron chi connectivity index (χ1n) is 8.16. The van der Waals surface area contributed by atoms with Gasteiger partial charge in [0.15, 0.2) is 0 Å². The normalized spacial score (nSPS) is 11.2. The number of anilines is 1. The van der Waals surface area contributed by atoms with Gasteiger partial charge >= 0.3 is 0 Å². The Kier molecular flexibility index (Phi) is 6.57. The smallest absolute Gasteiger partial charge is 0.241 e. The van der Waals surface area contributed by atoms with Gasteiger partial charge in [0.2, 0.25) is 15.9 Å². The Morgan fingerprint density at radius 3 is 2.46 bits per heavy atom. The molecule has 7 nitrogen and oxygen atoms in total. The second-order valence-electron chi connectivity index (χ2n) is 6.07. The minimum Gasteiger partial charge on any atom is -0.491 e. The number of nitrogens with one attached hydrogen (secondary N) is 1. The summed E-state index contributed by atoms with van der Waals surface area (Å²) in [7, 11) is -3.61. The van der Waals surface area contributed by atoms with Gasteiger partial charge < -0.3 is 10.1 Å². The molecule has 0 unspecified atom stereocenters. The number of nitrogens with zero attached hydrogens (tertiary/aromatic N) is 2. The highest BCUT2D eigenvalue weighted by Gasteiger charge is 2.20. The Morgan fingerprint density at radius 2 is 1.92 bits per heavy atom. The molecule has 0 atom stereocenters. The highest BCUT2D eigenvalue weighted by atomic mass is 32.2. The predicted molar refractivity (Wildman–Crippen MR) is 100 cm³/mol. The van der Waals surface area contributed by atoms with E-state index in [9.17, 15) is 13.2 Å². The molecule has 1 aromatic heterocycles. The standard InChI is InChI=1S/C18H23N3O4S/c1-14(2)25-17-8-6-16(7-9-17)21(26(3,23)24)13-18(22)20-12-15-5-4-10-19-11-15/h4-11,14H,12-13H2,1-3H3,(H,20,22). The molecule has 0 fully saturated rings. The summed E-state index contributed by atoms with van der Waals surface area (Å²) in [5.74, 6) is 0.236. The van der Waals surface area contributed by atoms with Crippen LogP contribution in [0, 0.1) is 0 Å². The number of benzene rings is 1. The number of amides is 1. The summed E-state index contributed by atoms with van der Waals surface area (Å²) in [6.07, 6.45) is 4.37. The van der Waals surface area contributed by atoms with E-state index < -0.39 is 15.9 Å². The molecule has 0 aliphatic heterocycles. The van der Waals surface area contributed by atoms with Crippen molar-refractivity contribution in [2.75, 3.05) is 17.1 Å². The molecule has 0 radical (unpaired) electrons. The van der Waals surface area contributed by atoms with Crippen molar-refractivity contribution in [1.82, 2.24) is 10.3 Å². The number of sulfonamides is 1. The van der Waals surface area contributed by atoms with E-state index in [-0.39, 0.29) is 19.2 Å². The van der Waals surface area contributed by atoms with E-state index >= 15 is 0 Å². The number of aromatic nitrogens is 1. The van der Waals surface area contributed by atoms with Gasteiger partial charge in [0.25, 0.3) is 0 Å². The van der Waals surface area contributed by atoms with Crippen molar-refractivity contribution in [3.63, 3.8) is 0 Å². The first-order valence-corrected chi connectivity index (χ1v) is 10.0. The van der Waals surface area contributed by atoms with Gasteiger partial charge in [-0.05, 0) is 49.7 Å². The Morgan fingerprint density at radius 1 is 1.23 bits per heavy atom. The molecule has 26 heavy (non-hydrogen) atoms. The van der Waals surface area contributed by atoms with Crippen LogP contribution in [0.5, 0.6) is 5.75 Å². The zero-order valence-corrected chi connectivity index (χ0v) is 15.9. The van der Waals surface area contributed by atoms with Gasteiger partial charge in [-0.3, -0.25) is 14.1 Å². The van der Waals surface area contributed by atoms with E-state index in [1.54, 1.807) is 42.7 Å². The third-order valence-electron chi connectivity index (χ3n) is 3.40. The minimum absolute atomic E-state index is 0.0186. The minimum atomic E-state index is -3.61. The van der Waals surface area contributed by atoms with Gasteiger partial charge in [-0.1, -0.05) is 6.07 Å². The van der Waals surface area contributed by atoms with E-state index in [0.29, 0.717) is 11.4 Å². The van der Waals surface area contributed by atoms with Crippen LogP contribution in [0.25, 0.3) is 0 Å². The quantitative estimate of drug-likeness (QED) is 0.760. The summed E-state index contributed by atoms with van der Waals surface area (Å²) in [5, 5.41) is 2.70. The maximum Gasteiger partial charge on any atom is 0.241 e. The molecule has 8 heteroatoms. The fourth-order valence-corrected chi connectivity index (χ4v) is 3.11. The first-order chi connectivity index (χ1) is 12.3. The molecule has 1 heterocycles. The topological polar surface area (TPSA) is 88.6 Å². The number of carbonyl (C=O) groups is 1. The van der Waals surface area contributed by atoms with Crippen LogP contribution in [0.2, 0.25) is 0 Å². The molecular formula is C18H23N3O4S. The van der Waals surface area contributed by atoms with Gasteiger partial charge in [-0.15, -0.1) is 0 Å². The SMILES string of the molecule is CC(C)Oc1ccc(N(CC(=O)NCc2cccnc2)S(C)(=O)=O)cc1. The number of carbonyl (C=O) groups excluding carboxylic acids is 1. The van der Waals surface area contributed by atoms with Crippen LogP contribution in [-0.4, -0.2) is 38.2 Å². The van der Waals surface area contributed by atoms with Gasteiger partial charge in [0, 0.05) is 18.9 Å². The fourth-order valence-electron chi connectivity index (χ4n) is 2.25. The Bertz CT molecular complexity index is 821. The molecule has 2 rings (SSSR count). The monoisotopic (exact) mass is 377 g/mol. The molecule has 0 aliphatic carbocycles. The predicted octanol–water partition coefficient (Wildman–Crippen LogP) is 1.95. The van der Waals surface area contributed by atoms with Gasteiger partial charge in [-0.25, -0.2) is 8.42 Å². The van der Waals surface area contributed by atoms with E-state index in [2.05, 4.69) is 10.3 Å². The highest BCUT2D eigenvalue weighted by molar-refractivity contribution is 7.92. The van der Waals surface area contributed by atoms with Crippen molar-refractivity contribution in [3.8, 4) is 5.75 Å². The lowest BCUT2D eigenvalue weighted by Crippen LogP contribution is -2.40. The van der Waals surface area contributed by atoms with E-state index in [0.717, 1.165) is 16.1 Å². The van der Waals surface area contributed by atoms with Crippen molar-refractivity contribution >= 4 is 21.6 Å². The summed E-state index contributed by atoms with van der Waals surface area (Å²) >= 11 is 0. The lowest BCUT2D eigenvalue weighted by atomic mass is 10.3. The highest BCUT2D eigenvalue weighted by Crippen LogP contribution is 2.22. The Balaban J connectivity index is 2.06. The summed E-state index contributed by atoms with van der Waals surface area (Å²) in [5.41, 5.74) is 1.24.